The van der Waals surface area contributed by atoms with E-state index in [-0.39, 0.29) is 18.0 Å². The molecule has 0 bridgehead atoms. The highest BCUT2D eigenvalue weighted by atomic mass is 16.2. The SMILES string of the molecule is CCC(NC(C)C(=O)NC1CCCC1)c1ccccc1. The first-order chi connectivity index (χ1) is 9.70. The molecule has 2 rings (SSSR count). The Morgan fingerprint density at radius 2 is 1.90 bits per heavy atom. The standard InChI is InChI=1S/C17H26N2O/c1-3-16(14-9-5-4-6-10-14)18-13(2)17(20)19-15-11-7-8-12-15/h4-6,9-10,13,15-16,18H,3,7-8,11-12H2,1-2H3,(H,19,20). The van der Waals surface area contributed by atoms with Gasteiger partial charge in [-0.25, -0.2) is 0 Å². The van der Waals surface area contributed by atoms with Crippen LogP contribution < -0.4 is 10.6 Å². The average Bonchev–Trinajstić information content (AvgIpc) is 2.98. The van der Waals surface area contributed by atoms with Gasteiger partial charge in [-0.05, 0) is 31.7 Å². The Morgan fingerprint density at radius 1 is 1.25 bits per heavy atom. The number of amides is 1. The highest BCUT2D eigenvalue weighted by molar-refractivity contribution is 5.81. The molecular weight excluding hydrogens is 248 g/mol. The first-order valence-electron chi connectivity index (χ1n) is 7.82. The van der Waals surface area contributed by atoms with Crippen molar-refractivity contribution in [1.82, 2.24) is 10.6 Å². The van der Waals surface area contributed by atoms with Gasteiger partial charge in [-0.2, -0.15) is 0 Å². The van der Waals surface area contributed by atoms with Crippen LogP contribution in [0.5, 0.6) is 0 Å². The summed E-state index contributed by atoms with van der Waals surface area (Å²) < 4.78 is 0. The van der Waals surface area contributed by atoms with Crippen LogP contribution >= 0.6 is 0 Å². The van der Waals surface area contributed by atoms with Crippen LogP contribution in [0.15, 0.2) is 30.3 Å². The lowest BCUT2D eigenvalue weighted by Crippen LogP contribution is -2.46. The Balaban J connectivity index is 1.88. The van der Waals surface area contributed by atoms with Crippen molar-refractivity contribution in [3.05, 3.63) is 35.9 Å². The molecule has 1 aromatic rings. The lowest BCUT2D eigenvalue weighted by Gasteiger charge is -2.23. The van der Waals surface area contributed by atoms with Crippen LogP contribution in [0.1, 0.15) is 57.6 Å². The van der Waals surface area contributed by atoms with Gasteiger partial charge in [-0.1, -0.05) is 50.1 Å². The molecule has 2 N–H and O–H groups in total. The van der Waals surface area contributed by atoms with Gasteiger partial charge >= 0.3 is 0 Å². The molecule has 110 valence electrons. The molecular formula is C17H26N2O. The fourth-order valence-electron chi connectivity index (χ4n) is 2.91. The third-order valence-corrected chi connectivity index (χ3v) is 4.16. The zero-order chi connectivity index (χ0) is 14.4. The molecule has 0 radical (unpaired) electrons. The molecule has 1 saturated carbocycles. The highest BCUT2D eigenvalue weighted by Crippen LogP contribution is 2.19. The van der Waals surface area contributed by atoms with Crippen molar-refractivity contribution in [2.45, 2.75) is 64.1 Å². The van der Waals surface area contributed by atoms with Crippen LogP contribution in [0.4, 0.5) is 0 Å². The molecule has 2 atom stereocenters. The van der Waals surface area contributed by atoms with Crippen LogP contribution in [-0.2, 0) is 4.79 Å². The summed E-state index contributed by atoms with van der Waals surface area (Å²) in [6, 6.07) is 10.8. The van der Waals surface area contributed by atoms with Crippen LogP contribution in [0.2, 0.25) is 0 Å². The van der Waals surface area contributed by atoms with E-state index in [2.05, 4.69) is 29.7 Å². The zero-order valence-corrected chi connectivity index (χ0v) is 12.6. The number of carbonyl (C=O) groups excluding carboxylic acids is 1. The summed E-state index contributed by atoms with van der Waals surface area (Å²) in [6.07, 6.45) is 5.73. The maximum atomic E-state index is 12.2. The highest BCUT2D eigenvalue weighted by Gasteiger charge is 2.22. The number of nitrogens with one attached hydrogen (secondary N) is 2. The van der Waals surface area contributed by atoms with Gasteiger partial charge < -0.3 is 5.32 Å². The third kappa shape index (κ3) is 4.07. The van der Waals surface area contributed by atoms with E-state index in [1.54, 1.807) is 0 Å². The van der Waals surface area contributed by atoms with E-state index in [4.69, 9.17) is 0 Å². The first-order valence-corrected chi connectivity index (χ1v) is 7.82. The van der Waals surface area contributed by atoms with Crippen molar-refractivity contribution in [2.75, 3.05) is 0 Å². The van der Waals surface area contributed by atoms with Gasteiger partial charge in [-0.3, -0.25) is 10.1 Å². The van der Waals surface area contributed by atoms with Crippen molar-refractivity contribution >= 4 is 5.91 Å². The molecule has 2 unspecified atom stereocenters. The van der Waals surface area contributed by atoms with Crippen molar-refractivity contribution in [1.29, 1.82) is 0 Å². The molecule has 3 nitrogen and oxygen atoms in total. The first kappa shape index (κ1) is 15.0. The van der Waals surface area contributed by atoms with E-state index < -0.39 is 0 Å². The molecule has 1 fully saturated rings. The Labute approximate surface area is 122 Å². The summed E-state index contributed by atoms with van der Waals surface area (Å²) in [5, 5.41) is 6.60. The number of benzene rings is 1. The molecule has 3 heteroatoms. The van der Waals surface area contributed by atoms with Crippen LogP contribution in [0.25, 0.3) is 0 Å². The van der Waals surface area contributed by atoms with Gasteiger partial charge in [-0.15, -0.1) is 0 Å². The number of hydrogen-bond donors (Lipinski definition) is 2. The van der Waals surface area contributed by atoms with E-state index in [1.807, 2.05) is 25.1 Å². The van der Waals surface area contributed by atoms with Crippen molar-refractivity contribution in [3.63, 3.8) is 0 Å². The van der Waals surface area contributed by atoms with Crippen LogP contribution in [0, 0.1) is 0 Å². The predicted octanol–water partition coefficient (Wildman–Crippen LogP) is 3.17. The van der Waals surface area contributed by atoms with Gasteiger partial charge in [0, 0.05) is 12.1 Å². The lowest BCUT2D eigenvalue weighted by molar-refractivity contribution is -0.123. The number of carbonyl (C=O) groups is 1. The van der Waals surface area contributed by atoms with Gasteiger partial charge in [0.15, 0.2) is 0 Å². The molecule has 20 heavy (non-hydrogen) atoms. The second-order valence-electron chi connectivity index (χ2n) is 5.75. The minimum absolute atomic E-state index is 0.131. The van der Waals surface area contributed by atoms with Gasteiger partial charge in [0.1, 0.15) is 0 Å². The zero-order valence-electron chi connectivity index (χ0n) is 12.6. The quantitative estimate of drug-likeness (QED) is 0.836. The Morgan fingerprint density at radius 3 is 2.50 bits per heavy atom. The predicted molar refractivity (Wildman–Crippen MR) is 82.5 cm³/mol. The van der Waals surface area contributed by atoms with Crippen molar-refractivity contribution < 1.29 is 4.79 Å². The topological polar surface area (TPSA) is 41.1 Å². The summed E-state index contributed by atoms with van der Waals surface area (Å²) in [6.45, 7) is 4.10. The van der Waals surface area contributed by atoms with E-state index in [0.29, 0.717) is 6.04 Å². The van der Waals surface area contributed by atoms with Crippen molar-refractivity contribution in [3.8, 4) is 0 Å². The summed E-state index contributed by atoms with van der Waals surface area (Å²) in [5.41, 5.74) is 1.25. The largest absolute Gasteiger partial charge is 0.352 e. The molecule has 0 heterocycles. The molecule has 0 saturated heterocycles. The fourth-order valence-corrected chi connectivity index (χ4v) is 2.91. The smallest absolute Gasteiger partial charge is 0.237 e. The number of rotatable bonds is 6. The molecule has 0 spiro atoms. The molecule has 0 aromatic heterocycles. The molecule has 1 aromatic carbocycles. The van der Waals surface area contributed by atoms with E-state index >= 15 is 0 Å². The van der Waals surface area contributed by atoms with Gasteiger partial charge in [0.2, 0.25) is 5.91 Å². The van der Waals surface area contributed by atoms with Gasteiger partial charge in [0.25, 0.3) is 0 Å². The Bertz CT molecular complexity index is 412. The van der Waals surface area contributed by atoms with Crippen molar-refractivity contribution in [2.24, 2.45) is 0 Å². The average molecular weight is 274 g/mol. The lowest BCUT2D eigenvalue weighted by atomic mass is 10.0. The summed E-state index contributed by atoms with van der Waals surface area (Å²) in [7, 11) is 0. The maximum Gasteiger partial charge on any atom is 0.237 e. The second-order valence-corrected chi connectivity index (χ2v) is 5.75. The Hall–Kier alpha value is -1.35. The Kier molecular flexibility index (Phi) is 5.60. The molecule has 1 amide bonds. The minimum atomic E-state index is -0.152. The fraction of sp³-hybridized carbons (Fsp3) is 0.588. The summed E-state index contributed by atoms with van der Waals surface area (Å²) >= 11 is 0. The molecule has 0 aliphatic heterocycles. The maximum absolute atomic E-state index is 12.2. The normalized spacial score (nSPS) is 18.7. The third-order valence-electron chi connectivity index (χ3n) is 4.16. The second kappa shape index (κ2) is 7.44. The van der Waals surface area contributed by atoms with E-state index in [9.17, 15) is 4.79 Å². The van der Waals surface area contributed by atoms with E-state index in [0.717, 1.165) is 19.3 Å². The van der Waals surface area contributed by atoms with Gasteiger partial charge in [0.05, 0.1) is 6.04 Å². The molecule has 1 aliphatic rings. The minimum Gasteiger partial charge on any atom is -0.352 e. The van der Waals surface area contributed by atoms with Crippen LogP contribution in [-0.4, -0.2) is 18.0 Å². The summed E-state index contributed by atoms with van der Waals surface area (Å²) in [4.78, 5) is 12.2. The van der Waals surface area contributed by atoms with E-state index in [1.165, 1.54) is 18.4 Å². The monoisotopic (exact) mass is 274 g/mol. The summed E-state index contributed by atoms with van der Waals surface area (Å²) in [5.74, 6) is 0.131. The van der Waals surface area contributed by atoms with Crippen LogP contribution in [0.3, 0.4) is 0 Å². The number of hydrogen-bond acceptors (Lipinski definition) is 2. The molecule has 1 aliphatic carbocycles.